The van der Waals surface area contributed by atoms with Gasteiger partial charge >= 0.3 is 0 Å². The topological polar surface area (TPSA) is 75.5 Å². The van der Waals surface area contributed by atoms with Crippen LogP contribution in [-0.2, 0) is 0 Å². The summed E-state index contributed by atoms with van der Waals surface area (Å²) in [4.78, 5) is 25.0. The first kappa shape index (κ1) is 19.9. The number of hydrogen-bond acceptors (Lipinski definition) is 4. The molecule has 0 aliphatic heterocycles. The number of likely N-dealkylation sites (N-methyl/N-ethyl adjacent to an activating group) is 1. The van der Waals surface area contributed by atoms with Crippen LogP contribution >= 0.6 is 11.6 Å². The van der Waals surface area contributed by atoms with Crippen molar-refractivity contribution in [3.63, 3.8) is 0 Å². The summed E-state index contributed by atoms with van der Waals surface area (Å²) in [5, 5.41) is 13.8. The normalized spacial score (nSPS) is 12.0. The molecule has 1 amide bonds. The lowest BCUT2D eigenvalue weighted by Gasteiger charge is -2.30. The summed E-state index contributed by atoms with van der Waals surface area (Å²) in [6, 6.07) is 13.9. The van der Waals surface area contributed by atoms with E-state index in [2.05, 4.69) is 24.1 Å². The monoisotopic (exact) mass is 375 g/mol. The molecule has 0 aliphatic carbocycles. The van der Waals surface area contributed by atoms with Crippen molar-refractivity contribution in [2.24, 2.45) is 0 Å². The molecule has 26 heavy (non-hydrogen) atoms. The van der Waals surface area contributed by atoms with E-state index in [4.69, 9.17) is 11.6 Å². The number of benzene rings is 2. The van der Waals surface area contributed by atoms with Gasteiger partial charge in [0.25, 0.3) is 11.6 Å². The molecule has 1 atom stereocenters. The molecule has 2 rings (SSSR count). The van der Waals surface area contributed by atoms with Gasteiger partial charge < -0.3 is 5.32 Å². The smallest absolute Gasteiger partial charge is 0.270 e. The first-order chi connectivity index (χ1) is 12.5. The lowest BCUT2D eigenvalue weighted by molar-refractivity contribution is -0.384. The number of rotatable bonds is 8. The van der Waals surface area contributed by atoms with Gasteiger partial charge in [0.2, 0.25) is 0 Å². The van der Waals surface area contributed by atoms with Crippen LogP contribution in [0.5, 0.6) is 0 Å². The first-order valence-corrected chi connectivity index (χ1v) is 8.86. The minimum Gasteiger partial charge on any atom is -0.350 e. The number of non-ortho nitro benzene ring substituents is 1. The maximum atomic E-state index is 12.5. The van der Waals surface area contributed by atoms with Gasteiger partial charge in [-0.15, -0.1) is 0 Å². The van der Waals surface area contributed by atoms with E-state index in [0.29, 0.717) is 6.54 Å². The second kappa shape index (κ2) is 9.31. The summed E-state index contributed by atoms with van der Waals surface area (Å²) in [6.45, 7) is 6.27. The largest absolute Gasteiger partial charge is 0.350 e. The number of carbonyl (C=O) groups excluding carboxylic acids is 1. The molecule has 0 aliphatic rings. The molecular formula is C19H22ClN3O3. The first-order valence-electron chi connectivity index (χ1n) is 8.49. The number of halogens is 1. The Balaban J connectivity index is 2.15. The van der Waals surface area contributed by atoms with Crippen molar-refractivity contribution in [1.29, 1.82) is 0 Å². The zero-order valence-electron chi connectivity index (χ0n) is 14.8. The Bertz CT molecular complexity index is 764. The number of nitro benzene ring substituents is 1. The molecule has 0 radical (unpaired) electrons. The van der Waals surface area contributed by atoms with Crippen LogP contribution in [0.15, 0.2) is 48.5 Å². The molecular weight excluding hydrogens is 354 g/mol. The number of nitro groups is 1. The molecule has 2 aromatic carbocycles. The number of carbonyl (C=O) groups is 1. The average molecular weight is 376 g/mol. The Morgan fingerprint density at radius 1 is 1.19 bits per heavy atom. The van der Waals surface area contributed by atoms with Crippen molar-refractivity contribution in [2.45, 2.75) is 19.9 Å². The highest BCUT2D eigenvalue weighted by Gasteiger charge is 2.20. The zero-order chi connectivity index (χ0) is 19.1. The van der Waals surface area contributed by atoms with E-state index in [0.717, 1.165) is 18.7 Å². The predicted octanol–water partition coefficient (Wildman–Crippen LogP) is 4.06. The van der Waals surface area contributed by atoms with Gasteiger partial charge in [0.1, 0.15) is 0 Å². The fourth-order valence-corrected chi connectivity index (χ4v) is 3.14. The van der Waals surface area contributed by atoms with Crippen LogP contribution in [0, 0.1) is 10.1 Å². The standard InChI is InChI=1S/C19H22ClN3O3/c1-3-22(4-2)18(14-8-6-5-7-9-14)13-21-19(24)16-11-10-15(23(25)26)12-17(16)20/h5-12,18H,3-4,13H2,1-2H3,(H,21,24)/t18-/m0/s1. The van der Waals surface area contributed by atoms with Crippen molar-refractivity contribution >= 4 is 23.2 Å². The van der Waals surface area contributed by atoms with Crippen molar-refractivity contribution < 1.29 is 9.72 Å². The number of amides is 1. The van der Waals surface area contributed by atoms with Gasteiger partial charge in [0.05, 0.1) is 21.6 Å². The lowest BCUT2D eigenvalue weighted by Crippen LogP contribution is -2.38. The molecule has 0 spiro atoms. The minimum atomic E-state index is -0.542. The summed E-state index contributed by atoms with van der Waals surface area (Å²) in [7, 11) is 0. The fourth-order valence-electron chi connectivity index (χ4n) is 2.88. The Morgan fingerprint density at radius 3 is 2.38 bits per heavy atom. The molecule has 138 valence electrons. The number of hydrogen-bond donors (Lipinski definition) is 1. The van der Waals surface area contributed by atoms with E-state index in [1.165, 1.54) is 18.2 Å². The Kier molecular flexibility index (Phi) is 7.12. The highest BCUT2D eigenvalue weighted by Crippen LogP contribution is 2.23. The van der Waals surface area contributed by atoms with Crippen LogP contribution in [0.3, 0.4) is 0 Å². The average Bonchev–Trinajstić information content (AvgIpc) is 2.65. The molecule has 1 N–H and O–H groups in total. The van der Waals surface area contributed by atoms with Crippen LogP contribution in [0.1, 0.15) is 35.8 Å². The predicted molar refractivity (Wildman–Crippen MR) is 103 cm³/mol. The fraction of sp³-hybridized carbons (Fsp3) is 0.316. The van der Waals surface area contributed by atoms with E-state index in [1.54, 1.807) is 0 Å². The summed E-state index contributed by atoms with van der Waals surface area (Å²) >= 11 is 6.04. The summed E-state index contributed by atoms with van der Waals surface area (Å²) in [6.07, 6.45) is 0. The van der Waals surface area contributed by atoms with Crippen LogP contribution in [0.4, 0.5) is 5.69 Å². The minimum absolute atomic E-state index is 0.0342. The Hall–Kier alpha value is -2.44. The SMILES string of the molecule is CCN(CC)[C@@H](CNC(=O)c1ccc([N+](=O)[O-])cc1Cl)c1ccccc1. The van der Waals surface area contributed by atoms with Crippen molar-refractivity contribution in [2.75, 3.05) is 19.6 Å². The van der Waals surface area contributed by atoms with E-state index in [-0.39, 0.29) is 28.2 Å². The third-order valence-electron chi connectivity index (χ3n) is 4.30. The second-order valence-electron chi connectivity index (χ2n) is 5.78. The van der Waals surface area contributed by atoms with Crippen molar-refractivity contribution in [3.8, 4) is 0 Å². The van der Waals surface area contributed by atoms with Gasteiger partial charge in [0.15, 0.2) is 0 Å². The van der Waals surface area contributed by atoms with E-state index in [1.807, 2.05) is 30.3 Å². The summed E-state index contributed by atoms with van der Waals surface area (Å²) in [5.74, 6) is -0.349. The molecule has 0 bridgehead atoms. The van der Waals surface area contributed by atoms with Crippen LogP contribution < -0.4 is 5.32 Å². The van der Waals surface area contributed by atoms with Gasteiger partial charge in [-0.2, -0.15) is 0 Å². The van der Waals surface area contributed by atoms with Gasteiger partial charge in [-0.1, -0.05) is 55.8 Å². The highest BCUT2D eigenvalue weighted by atomic mass is 35.5. The Labute approximate surface area is 157 Å². The van der Waals surface area contributed by atoms with E-state index in [9.17, 15) is 14.9 Å². The molecule has 6 nitrogen and oxygen atoms in total. The highest BCUT2D eigenvalue weighted by molar-refractivity contribution is 6.34. The van der Waals surface area contributed by atoms with E-state index >= 15 is 0 Å². The molecule has 2 aromatic rings. The molecule has 0 unspecified atom stereocenters. The summed E-state index contributed by atoms with van der Waals surface area (Å²) < 4.78 is 0. The number of nitrogens with one attached hydrogen (secondary N) is 1. The maximum Gasteiger partial charge on any atom is 0.270 e. The molecule has 0 aromatic heterocycles. The third kappa shape index (κ3) is 4.80. The molecule has 0 fully saturated rings. The number of nitrogens with zero attached hydrogens (tertiary/aromatic N) is 2. The maximum absolute atomic E-state index is 12.5. The van der Waals surface area contributed by atoms with Gasteiger partial charge in [0, 0.05) is 18.7 Å². The molecule has 0 saturated carbocycles. The molecule has 7 heteroatoms. The van der Waals surface area contributed by atoms with Crippen molar-refractivity contribution in [3.05, 3.63) is 74.8 Å². The zero-order valence-corrected chi connectivity index (χ0v) is 15.6. The van der Waals surface area contributed by atoms with Gasteiger partial charge in [-0.05, 0) is 24.7 Å². The van der Waals surface area contributed by atoms with Crippen LogP contribution in [0.2, 0.25) is 5.02 Å². The van der Waals surface area contributed by atoms with Crippen LogP contribution in [0.25, 0.3) is 0 Å². The molecule has 0 heterocycles. The summed E-state index contributed by atoms with van der Waals surface area (Å²) in [5.41, 5.74) is 1.20. The third-order valence-corrected chi connectivity index (χ3v) is 4.61. The van der Waals surface area contributed by atoms with E-state index < -0.39 is 4.92 Å². The van der Waals surface area contributed by atoms with Gasteiger partial charge in [-0.25, -0.2) is 0 Å². The molecule has 0 saturated heterocycles. The lowest BCUT2D eigenvalue weighted by atomic mass is 10.0. The van der Waals surface area contributed by atoms with Crippen LogP contribution in [-0.4, -0.2) is 35.4 Å². The second-order valence-corrected chi connectivity index (χ2v) is 6.19. The Morgan fingerprint density at radius 2 is 1.85 bits per heavy atom. The van der Waals surface area contributed by atoms with Gasteiger partial charge in [-0.3, -0.25) is 19.8 Å². The van der Waals surface area contributed by atoms with Crippen molar-refractivity contribution in [1.82, 2.24) is 10.2 Å². The quantitative estimate of drug-likeness (QED) is 0.557.